The Morgan fingerprint density at radius 3 is 2.70 bits per heavy atom. The minimum atomic E-state index is -4.74. The van der Waals surface area contributed by atoms with Gasteiger partial charge in [-0.05, 0) is 18.6 Å². The number of amides is 2. The molecule has 0 saturated carbocycles. The highest BCUT2D eigenvalue weighted by molar-refractivity contribution is 7.46. The summed E-state index contributed by atoms with van der Waals surface area (Å²) in [6.07, 6.45) is 2.55. The van der Waals surface area contributed by atoms with Crippen molar-refractivity contribution in [3.05, 3.63) is 54.6 Å². The lowest BCUT2D eigenvalue weighted by Crippen LogP contribution is -2.31. The highest BCUT2D eigenvalue weighted by atomic mass is 31.2. The summed E-state index contributed by atoms with van der Waals surface area (Å²) in [5.74, 6) is 0.206. The lowest BCUT2D eigenvalue weighted by molar-refractivity contribution is -0.132. The van der Waals surface area contributed by atoms with E-state index in [-0.39, 0.29) is 5.82 Å². The summed E-state index contributed by atoms with van der Waals surface area (Å²) in [5.41, 5.74) is 1.63. The fourth-order valence-corrected chi connectivity index (χ4v) is 4.52. The van der Waals surface area contributed by atoms with Crippen LogP contribution in [0.5, 0.6) is 0 Å². The van der Waals surface area contributed by atoms with E-state index in [1.807, 2.05) is 36.4 Å². The maximum atomic E-state index is 12.0. The number of carbonyl (C=O) groups is 1. The molecule has 2 aliphatic rings. The van der Waals surface area contributed by atoms with Gasteiger partial charge in [-0.2, -0.15) is 0 Å². The number of aromatic nitrogens is 4. The van der Waals surface area contributed by atoms with Gasteiger partial charge in [0, 0.05) is 6.54 Å². The number of fused-ring (bicyclic) bond motifs is 2. The molecule has 2 fully saturated rings. The van der Waals surface area contributed by atoms with E-state index in [0.29, 0.717) is 17.7 Å². The van der Waals surface area contributed by atoms with Crippen molar-refractivity contribution in [2.45, 2.75) is 37.8 Å². The molecular weight excluding hydrogens is 507 g/mol. The molecule has 0 radical (unpaired) electrons. The van der Waals surface area contributed by atoms with Gasteiger partial charge in [0.2, 0.25) is 0 Å². The average Bonchev–Trinajstić information content (AvgIpc) is 3.56. The van der Waals surface area contributed by atoms with E-state index in [1.54, 1.807) is 17.6 Å². The van der Waals surface area contributed by atoms with Crippen molar-refractivity contribution < 1.29 is 37.9 Å². The maximum Gasteiger partial charge on any atom is 0.469 e. The maximum absolute atomic E-state index is 12.0. The molecule has 3 aromatic rings. The van der Waals surface area contributed by atoms with Gasteiger partial charge in [0.15, 0.2) is 29.5 Å². The Bertz CT molecular complexity index is 1330. The molecule has 2 saturated heterocycles. The van der Waals surface area contributed by atoms with Gasteiger partial charge in [-0.1, -0.05) is 36.4 Å². The van der Waals surface area contributed by atoms with Crippen LogP contribution < -0.4 is 10.6 Å². The van der Waals surface area contributed by atoms with Crippen molar-refractivity contribution in [3.63, 3.8) is 0 Å². The molecule has 14 nitrogen and oxygen atoms in total. The normalized spacial score (nSPS) is 25.5. The van der Waals surface area contributed by atoms with Crippen molar-refractivity contribution in [2.75, 3.05) is 18.5 Å². The van der Waals surface area contributed by atoms with Crippen LogP contribution in [0.25, 0.3) is 17.2 Å². The first-order valence-electron chi connectivity index (χ1n) is 11.4. The molecule has 5 atom stereocenters. The van der Waals surface area contributed by atoms with Crippen LogP contribution >= 0.6 is 7.82 Å². The van der Waals surface area contributed by atoms with Gasteiger partial charge in [0.1, 0.15) is 24.6 Å². The minimum Gasteiger partial charge on any atom is -0.347 e. The van der Waals surface area contributed by atoms with Crippen LogP contribution in [0.4, 0.5) is 10.6 Å². The topological polar surface area (TPSA) is 179 Å². The lowest BCUT2D eigenvalue weighted by atomic mass is 10.1. The van der Waals surface area contributed by atoms with Crippen LogP contribution in [-0.2, 0) is 23.3 Å². The summed E-state index contributed by atoms with van der Waals surface area (Å²) < 4.78 is 35.9. The van der Waals surface area contributed by atoms with Crippen LogP contribution in [0, 0.1) is 0 Å². The molecule has 37 heavy (non-hydrogen) atoms. The number of carbonyl (C=O) groups excluding carboxylic acids is 1. The van der Waals surface area contributed by atoms with Crippen molar-refractivity contribution in [1.29, 1.82) is 0 Å². The molecule has 2 amide bonds. The number of phosphoric ester groups is 1. The van der Waals surface area contributed by atoms with E-state index in [2.05, 4.69) is 25.6 Å². The molecule has 0 spiro atoms. The molecule has 0 aliphatic carbocycles. The number of nitrogens with zero attached hydrogens (tertiary/aromatic N) is 4. The molecule has 1 unspecified atom stereocenters. The third-order valence-corrected chi connectivity index (χ3v) is 6.21. The van der Waals surface area contributed by atoms with Gasteiger partial charge in [-0.3, -0.25) is 14.4 Å². The summed E-state index contributed by atoms with van der Waals surface area (Å²) in [6, 6.07) is 9.14. The number of ether oxygens (including phenoxy) is 3. The quantitative estimate of drug-likeness (QED) is 0.311. The molecule has 4 N–H and O–H groups in total. The summed E-state index contributed by atoms with van der Waals surface area (Å²) in [5, 5.41) is 5.25. The molecule has 2 aliphatic heterocycles. The third-order valence-electron chi connectivity index (χ3n) is 5.72. The third kappa shape index (κ3) is 5.70. The number of urea groups is 1. The summed E-state index contributed by atoms with van der Waals surface area (Å²) in [4.78, 5) is 43.1. The smallest absolute Gasteiger partial charge is 0.347 e. The van der Waals surface area contributed by atoms with E-state index in [1.165, 1.54) is 12.7 Å². The molecular formula is C22H25N6O8P. The molecule has 4 heterocycles. The fraction of sp³-hybridized carbons (Fsp3) is 0.364. The van der Waals surface area contributed by atoms with Gasteiger partial charge < -0.3 is 29.3 Å². The predicted molar refractivity (Wildman–Crippen MR) is 129 cm³/mol. The van der Waals surface area contributed by atoms with Crippen LogP contribution in [0.1, 0.15) is 18.7 Å². The average molecular weight is 532 g/mol. The highest BCUT2D eigenvalue weighted by Crippen LogP contribution is 2.43. The number of rotatable bonds is 8. The number of benzene rings is 1. The molecule has 5 rings (SSSR count). The van der Waals surface area contributed by atoms with Gasteiger partial charge in [0.25, 0.3) is 0 Å². The Labute approximate surface area is 210 Å². The summed E-state index contributed by atoms with van der Waals surface area (Å²) in [7, 11) is -4.74. The van der Waals surface area contributed by atoms with Gasteiger partial charge >= 0.3 is 13.9 Å². The van der Waals surface area contributed by atoms with Crippen LogP contribution in [0.3, 0.4) is 0 Å². The zero-order chi connectivity index (χ0) is 26.0. The SMILES string of the molecule is CCNC(=O)Nc1ncnc2c1ncn2[C@@H]1O[C@H](COP(=O)(O)O)C2O[C@H](C=Cc3ccccc3)O[C@@H]21. The first-order valence-corrected chi connectivity index (χ1v) is 13.0. The number of hydrogen-bond donors (Lipinski definition) is 4. The van der Waals surface area contributed by atoms with E-state index in [0.717, 1.165) is 5.56 Å². The Morgan fingerprint density at radius 2 is 1.95 bits per heavy atom. The number of imidazole rings is 1. The van der Waals surface area contributed by atoms with E-state index in [4.69, 9.17) is 18.7 Å². The largest absolute Gasteiger partial charge is 0.469 e. The number of nitrogens with one attached hydrogen (secondary N) is 2. The fourth-order valence-electron chi connectivity index (χ4n) is 4.17. The highest BCUT2D eigenvalue weighted by Gasteiger charge is 2.53. The van der Waals surface area contributed by atoms with Crippen molar-refractivity contribution in [3.8, 4) is 0 Å². The van der Waals surface area contributed by atoms with Crippen LogP contribution in [0.15, 0.2) is 49.1 Å². The first-order chi connectivity index (χ1) is 17.8. The molecule has 196 valence electrons. The minimum absolute atomic E-state index is 0.206. The molecule has 2 aromatic heterocycles. The Kier molecular flexibility index (Phi) is 7.31. The van der Waals surface area contributed by atoms with Gasteiger partial charge in [-0.15, -0.1) is 0 Å². The molecule has 15 heteroatoms. The predicted octanol–water partition coefficient (Wildman–Crippen LogP) is 1.80. The second-order valence-corrected chi connectivity index (χ2v) is 9.46. The van der Waals surface area contributed by atoms with Crippen LogP contribution in [0.2, 0.25) is 0 Å². The van der Waals surface area contributed by atoms with Crippen molar-refractivity contribution in [1.82, 2.24) is 24.8 Å². The molecule has 0 bridgehead atoms. The lowest BCUT2D eigenvalue weighted by Gasteiger charge is -2.20. The number of hydrogen-bond acceptors (Lipinski definition) is 9. The second-order valence-electron chi connectivity index (χ2n) is 8.22. The van der Waals surface area contributed by atoms with Crippen LogP contribution in [-0.4, -0.2) is 73.1 Å². The first kappa shape index (κ1) is 25.4. The zero-order valence-electron chi connectivity index (χ0n) is 19.6. The van der Waals surface area contributed by atoms with Gasteiger partial charge in [-0.25, -0.2) is 24.3 Å². The Morgan fingerprint density at radius 1 is 1.16 bits per heavy atom. The van der Waals surface area contributed by atoms with Crippen molar-refractivity contribution >= 4 is 36.9 Å². The zero-order valence-corrected chi connectivity index (χ0v) is 20.5. The number of phosphoric acid groups is 1. The summed E-state index contributed by atoms with van der Waals surface area (Å²) >= 11 is 0. The summed E-state index contributed by atoms with van der Waals surface area (Å²) in [6.45, 7) is 1.80. The Balaban J connectivity index is 1.41. The Hall–Kier alpha value is -3.23. The monoisotopic (exact) mass is 532 g/mol. The van der Waals surface area contributed by atoms with Gasteiger partial charge in [0.05, 0.1) is 12.9 Å². The van der Waals surface area contributed by atoms with Crippen molar-refractivity contribution in [2.24, 2.45) is 0 Å². The molecule has 1 aromatic carbocycles. The number of anilines is 1. The van der Waals surface area contributed by atoms with E-state index in [9.17, 15) is 19.1 Å². The standard InChI is InChI=1S/C22H25N6O8P/c1-2-23-22(29)27-19-16-20(25-11-24-19)28(12-26-16)21-18-17(14(34-21)10-33-37(30,31)32)35-15(36-18)9-8-13-6-4-3-5-7-13/h3-9,11-12,14-15,17-18,21H,2,10H2,1H3,(H2,30,31,32)(H2,23,24,25,27,29)/t14-,15+,17?,18+,21-/m1/s1. The van der Waals surface area contributed by atoms with E-state index >= 15 is 0 Å². The second kappa shape index (κ2) is 10.6. The van der Waals surface area contributed by atoms with E-state index < -0.39 is 51.3 Å².